The number of carbonyl (C=O) groups is 2. The molecule has 0 atom stereocenters. The Morgan fingerprint density at radius 3 is 2.63 bits per heavy atom. The zero-order valence-electron chi connectivity index (χ0n) is 9.05. The van der Waals surface area contributed by atoms with Crippen molar-refractivity contribution >= 4 is 61.2 Å². The summed E-state index contributed by atoms with van der Waals surface area (Å²) >= 11 is 7.31. The Morgan fingerprint density at radius 2 is 2.05 bits per heavy atom. The molecule has 0 bridgehead atoms. The molecule has 2 aromatic rings. The predicted molar refractivity (Wildman–Crippen MR) is 76.7 cm³/mol. The number of rotatable bonds is 3. The summed E-state index contributed by atoms with van der Waals surface area (Å²) in [6.07, 6.45) is 1.31. The minimum atomic E-state index is -1.14. The second-order valence-electron chi connectivity index (χ2n) is 3.36. The van der Waals surface area contributed by atoms with Crippen LogP contribution in [0.2, 0.25) is 0 Å². The molecule has 0 saturated carbocycles. The second-order valence-corrected chi connectivity index (χ2v) is 5.69. The number of anilines is 1. The quantitative estimate of drug-likeness (QED) is 0.817. The highest BCUT2D eigenvalue weighted by molar-refractivity contribution is 9.11. The largest absolute Gasteiger partial charge is 0.478 e. The van der Waals surface area contributed by atoms with Crippen LogP contribution in [-0.2, 0) is 0 Å². The lowest BCUT2D eigenvalue weighted by atomic mass is 10.1. The van der Waals surface area contributed by atoms with E-state index >= 15 is 0 Å². The molecule has 0 radical (unpaired) electrons. The van der Waals surface area contributed by atoms with Gasteiger partial charge in [0.25, 0.3) is 5.91 Å². The summed E-state index contributed by atoms with van der Waals surface area (Å²) in [4.78, 5) is 23.0. The number of nitrogens with one attached hydrogen (secondary N) is 1. The van der Waals surface area contributed by atoms with Gasteiger partial charge in [0, 0.05) is 8.95 Å². The molecule has 0 fully saturated rings. The van der Waals surface area contributed by atoms with Crippen molar-refractivity contribution in [1.82, 2.24) is 8.75 Å². The van der Waals surface area contributed by atoms with Gasteiger partial charge in [0.15, 0.2) is 5.69 Å². The van der Waals surface area contributed by atoms with Crippen LogP contribution in [0.4, 0.5) is 5.69 Å². The van der Waals surface area contributed by atoms with Gasteiger partial charge in [0.2, 0.25) is 0 Å². The molecule has 0 saturated heterocycles. The fraction of sp³-hybridized carbons (Fsp3) is 0. The molecule has 1 amide bonds. The van der Waals surface area contributed by atoms with Crippen LogP contribution in [0, 0.1) is 0 Å². The summed E-state index contributed by atoms with van der Waals surface area (Å²) in [7, 11) is 0. The Bertz CT molecular complexity index is 646. The molecule has 0 aliphatic carbocycles. The van der Waals surface area contributed by atoms with Crippen molar-refractivity contribution in [3.63, 3.8) is 0 Å². The zero-order valence-corrected chi connectivity index (χ0v) is 13.0. The van der Waals surface area contributed by atoms with E-state index in [2.05, 4.69) is 45.9 Å². The molecule has 0 aliphatic rings. The van der Waals surface area contributed by atoms with Gasteiger partial charge in [-0.25, -0.2) is 4.79 Å². The van der Waals surface area contributed by atoms with Crippen molar-refractivity contribution in [3.8, 4) is 0 Å². The Kier molecular flexibility index (Phi) is 4.27. The first-order chi connectivity index (χ1) is 8.99. The number of carboxylic acids is 1. The molecule has 98 valence electrons. The van der Waals surface area contributed by atoms with E-state index in [1.54, 1.807) is 6.07 Å². The topological polar surface area (TPSA) is 92.2 Å². The molecule has 1 aromatic heterocycles. The van der Waals surface area contributed by atoms with Crippen molar-refractivity contribution in [2.75, 3.05) is 5.32 Å². The maximum Gasteiger partial charge on any atom is 0.337 e. The fourth-order valence-corrected chi connectivity index (χ4v) is 3.05. The van der Waals surface area contributed by atoms with Crippen molar-refractivity contribution < 1.29 is 14.7 Å². The number of hydrogen-bond acceptors (Lipinski definition) is 5. The lowest BCUT2D eigenvalue weighted by Crippen LogP contribution is -2.15. The summed E-state index contributed by atoms with van der Waals surface area (Å²) < 4.78 is 8.54. The van der Waals surface area contributed by atoms with Gasteiger partial charge in [-0.2, -0.15) is 8.75 Å². The standard InChI is InChI=1S/C10H5Br2N3O3S/c11-4-1-5(10(17)18)8(6(12)2-4)14-9(16)7-3-13-19-15-7/h1-3H,(H,14,16)(H,17,18). The number of aromatic nitrogens is 2. The number of amides is 1. The van der Waals surface area contributed by atoms with E-state index in [1.807, 2.05) is 0 Å². The van der Waals surface area contributed by atoms with Crippen molar-refractivity contribution in [2.45, 2.75) is 0 Å². The fourth-order valence-electron chi connectivity index (χ4n) is 1.31. The highest BCUT2D eigenvalue weighted by Crippen LogP contribution is 2.31. The Labute approximate surface area is 128 Å². The summed E-state index contributed by atoms with van der Waals surface area (Å²) in [5.41, 5.74) is 0.280. The van der Waals surface area contributed by atoms with E-state index in [0.717, 1.165) is 11.7 Å². The van der Waals surface area contributed by atoms with Crippen LogP contribution in [0.1, 0.15) is 20.8 Å². The first-order valence-corrected chi connectivity index (χ1v) is 7.12. The van der Waals surface area contributed by atoms with Gasteiger partial charge in [0.1, 0.15) is 0 Å². The number of benzene rings is 1. The van der Waals surface area contributed by atoms with Gasteiger partial charge in [-0.15, -0.1) is 0 Å². The molecule has 2 rings (SSSR count). The number of carboxylic acid groups (broad SMARTS) is 1. The zero-order chi connectivity index (χ0) is 14.0. The summed E-state index contributed by atoms with van der Waals surface area (Å²) in [5.74, 6) is -1.66. The van der Waals surface area contributed by atoms with Gasteiger partial charge in [-0.1, -0.05) is 15.9 Å². The monoisotopic (exact) mass is 405 g/mol. The Hall–Kier alpha value is -1.32. The van der Waals surface area contributed by atoms with Crippen LogP contribution in [0.15, 0.2) is 27.3 Å². The van der Waals surface area contributed by atoms with E-state index in [1.165, 1.54) is 12.3 Å². The third-order valence-corrected chi connectivity index (χ3v) is 3.68. The molecule has 0 spiro atoms. The Morgan fingerprint density at radius 1 is 1.32 bits per heavy atom. The molecule has 9 heteroatoms. The van der Waals surface area contributed by atoms with Crippen LogP contribution >= 0.6 is 43.6 Å². The van der Waals surface area contributed by atoms with E-state index in [4.69, 9.17) is 5.11 Å². The second kappa shape index (κ2) is 5.76. The smallest absolute Gasteiger partial charge is 0.337 e. The van der Waals surface area contributed by atoms with Gasteiger partial charge in [-0.3, -0.25) is 4.79 Å². The average Bonchev–Trinajstić information content (AvgIpc) is 2.85. The highest BCUT2D eigenvalue weighted by Gasteiger charge is 2.18. The third-order valence-electron chi connectivity index (χ3n) is 2.12. The lowest BCUT2D eigenvalue weighted by Gasteiger charge is -2.10. The van der Waals surface area contributed by atoms with Crippen molar-refractivity contribution in [3.05, 3.63) is 38.5 Å². The summed E-state index contributed by atoms with van der Waals surface area (Å²) in [5, 5.41) is 11.6. The molecule has 1 aromatic carbocycles. The van der Waals surface area contributed by atoms with E-state index < -0.39 is 11.9 Å². The molecule has 0 unspecified atom stereocenters. The van der Waals surface area contributed by atoms with Crippen molar-refractivity contribution in [1.29, 1.82) is 0 Å². The Balaban J connectivity index is 2.39. The molecule has 1 heterocycles. The van der Waals surface area contributed by atoms with Crippen LogP contribution in [-0.4, -0.2) is 25.7 Å². The number of aromatic carboxylic acids is 1. The predicted octanol–water partition coefficient (Wildman–Crippen LogP) is 3.01. The normalized spacial score (nSPS) is 10.2. The number of halogens is 2. The van der Waals surface area contributed by atoms with Crippen molar-refractivity contribution in [2.24, 2.45) is 0 Å². The number of hydrogen-bond donors (Lipinski definition) is 2. The van der Waals surface area contributed by atoms with Gasteiger partial charge >= 0.3 is 5.97 Å². The number of nitrogens with zero attached hydrogens (tertiary/aromatic N) is 2. The lowest BCUT2D eigenvalue weighted by molar-refractivity contribution is 0.0698. The van der Waals surface area contributed by atoms with Crippen LogP contribution < -0.4 is 5.32 Å². The van der Waals surface area contributed by atoms with Gasteiger partial charge < -0.3 is 10.4 Å². The minimum Gasteiger partial charge on any atom is -0.478 e. The van der Waals surface area contributed by atoms with Crippen LogP contribution in [0.3, 0.4) is 0 Å². The highest BCUT2D eigenvalue weighted by atomic mass is 79.9. The number of carbonyl (C=O) groups excluding carboxylic acids is 1. The summed E-state index contributed by atoms with van der Waals surface area (Å²) in [6.45, 7) is 0. The molecular weight excluding hydrogens is 402 g/mol. The molecule has 2 N–H and O–H groups in total. The van der Waals surface area contributed by atoms with Gasteiger partial charge in [0.05, 0.1) is 29.2 Å². The summed E-state index contributed by atoms with van der Waals surface area (Å²) in [6, 6.07) is 3.04. The molecule has 6 nitrogen and oxygen atoms in total. The van der Waals surface area contributed by atoms with Gasteiger partial charge in [-0.05, 0) is 28.1 Å². The van der Waals surface area contributed by atoms with Crippen LogP contribution in [0.5, 0.6) is 0 Å². The molecule has 19 heavy (non-hydrogen) atoms. The minimum absolute atomic E-state index is 0.0298. The molecule has 0 aliphatic heterocycles. The maximum absolute atomic E-state index is 11.9. The maximum atomic E-state index is 11.9. The van der Waals surface area contributed by atoms with Crippen LogP contribution in [0.25, 0.3) is 0 Å². The average molecular weight is 407 g/mol. The third kappa shape index (κ3) is 3.17. The van der Waals surface area contributed by atoms with E-state index in [-0.39, 0.29) is 16.9 Å². The first kappa shape index (κ1) is 14.1. The first-order valence-electron chi connectivity index (χ1n) is 4.80. The molecular formula is C10H5Br2N3O3S. The SMILES string of the molecule is O=C(Nc1c(Br)cc(Br)cc1C(=O)O)c1cnsn1. The van der Waals surface area contributed by atoms with E-state index in [0.29, 0.717) is 8.95 Å². The van der Waals surface area contributed by atoms with E-state index in [9.17, 15) is 9.59 Å².